The first-order valence-corrected chi connectivity index (χ1v) is 7.21. The molecule has 0 atom stereocenters. The van der Waals surface area contributed by atoms with E-state index in [0.717, 1.165) is 22.6 Å². The summed E-state index contributed by atoms with van der Waals surface area (Å²) in [5.74, 6) is 0.855. The van der Waals surface area contributed by atoms with E-state index >= 15 is 0 Å². The van der Waals surface area contributed by atoms with E-state index in [-0.39, 0.29) is 0 Å². The van der Waals surface area contributed by atoms with Gasteiger partial charge in [-0.3, -0.25) is 0 Å². The maximum Gasteiger partial charge on any atom is 0.119 e. The molecule has 0 aliphatic rings. The maximum atomic E-state index is 5.97. The lowest BCUT2D eigenvalue weighted by molar-refractivity contribution is 0.415. The van der Waals surface area contributed by atoms with Crippen LogP contribution in [0.4, 0.5) is 5.69 Å². The molecular weight excluding hydrogens is 272 g/mol. The SMILES string of the molecule is COc1ccc(-n2c3ccccc3c3cc(N)ccc32)cc1. The Morgan fingerprint density at radius 1 is 0.818 bits per heavy atom. The van der Waals surface area contributed by atoms with Gasteiger partial charge in [-0.2, -0.15) is 0 Å². The van der Waals surface area contributed by atoms with E-state index in [0.29, 0.717) is 0 Å². The highest BCUT2D eigenvalue weighted by Crippen LogP contribution is 2.33. The van der Waals surface area contributed by atoms with Crippen molar-refractivity contribution in [2.45, 2.75) is 0 Å². The van der Waals surface area contributed by atoms with Gasteiger partial charge in [-0.25, -0.2) is 0 Å². The Bertz CT molecular complexity index is 968. The summed E-state index contributed by atoms with van der Waals surface area (Å²) in [5.41, 5.74) is 10.2. The lowest BCUT2D eigenvalue weighted by atomic mass is 10.1. The van der Waals surface area contributed by atoms with Gasteiger partial charge >= 0.3 is 0 Å². The summed E-state index contributed by atoms with van der Waals surface area (Å²) in [4.78, 5) is 0. The average molecular weight is 288 g/mol. The molecule has 4 aromatic rings. The third-order valence-electron chi connectivity index (χ3n) is 4.03. The Kier molecular flexibility index (Phi) is 2.79. The quantitative estimate of drug-likeness (QED) is 0.556. The number of hydrogen-bond donors (Lipinski definition) is 1. The van der Waals surface area contributed by atoms with Gasteiger partial charge in [0.1, 0.15) is 5.75 Å². The molecule has 0 saturated carbocycles. The number of nitrogens with two attached hydrogens (primary N) is 1. The molecule has 1 aromatic heterocycles. The first-order valence-electron chi connectivity index (χ1n) is 7.21. The Labute approximate surface area is 128 Å². The minimum atomic E-state index is 0.783. The summed E-state index contributed by atoms with van der Waals surface area (Å²) in [5, 5.41) is 2.38. The van der Waals surface area contributed by atoms with Crippen LogP contribution in [0.15, 0.2) is 66.7 Å². The van der Waals surface area contributed by atoms with E-state index in [9.17, 15) is 0 Å². The van der Waals surface area contributed by atoms with Crippen LogP contribution in [-0.2, 0) is 0 Å². The minimum absolute atomic E-state index is 0.783. The van der Waals surface area contributed by atoms with Crippen molar-refractivity contribution in [1.82, 2.24) is 4.57 Å². The second-order valence-electron chi connectivity index (χ2n) is 5.33. The van der Waals surface area contributed by atoms with Gasteiger partial charge in [-0.15, -0.1) is 0 Å². The summed E-state index contributed by atoms with van der Waals surface area (Å²) in [7, 11) is 1.68. The van der Waals surface area contributed by atoms with Crippen LogP contribution in [0.2, 0.25) is 0 Å². The zero-order chi connectivity index (χ0) is 15.1. The summed E-state index contributed by atoms with van der Waals surface area (Å²) >= 11 is 0. The predicted molar refractivity (Wildman–Crippen MR) is 91.7 cm³/mol. The molecule has 0 bridgehead atoms. The van der Waals surface area contributed by atoms with Gasteiger partial charge in [0, 0.05) is 22.1 Å². The van der Waals surface area contributed by atoms with Crippen LogP contribution in [-0.4, -0.2) is 11.7 Å². The number of nitrogen functional groups attached to an aromatic ring is 1. The van der Waals surface area contributed by atoms with Crippen LogP contribution in [0, 0.1) is 0 Å². The van der Waals surface area contributed by atoms with Crippen molar-refractivity contribution in [2.75, 3.05) is 12.8 Å². The van der Waals surface area contributed by atoms with Crippen LogP contribution in [0.25, 0.3) is 27.5 Å². The van der Waals surface area contributed by atoms with Crippen molar-refractivity contribution in [3.8, 4) is 11.4 Å². The predicted octanol–water partition coefficient (Wildman–Crippen LogP) is 4.37. The molecule has 3 nitrogen and oxygen atoms in total. The third kappa shape index (κ3) is 1.83. The topological polar surface area (TPSA) is 40.2 Å². The van der Waals surface area contributed by atoms with Gasteiger partial charge in [0.2, 0.25) is 0 Å². The van der Waals surface area contributed by atoms with Gasteiger partial charge in [0.15, 0.2) is 0 Å². The standard InChI is InChI=1S/C19H16N2O/c1-22-15-9-7-14(8-10-15)21-18-5-3-2-4-16(18)17-12-13(20)6-11-19(17)21/h2-12H,20H2,1H3. The summed E-state index contributed by atoms with van der Waals surface area (Å²) in [6, 6.07) is 22.6. The molecule has 4 rings (SSSR count). The molecule has 0 fully saturated rings. The second kappa shape index (κ2) is 4.81. The number of aromatic nitrogens is 1. The van der Waals surface area contributed by atoms with Gasteiger partial charge < -0.3 is 15.0 Å². The van der Waals surface area contributed by atoms with Crippen LogP contribution in [0.5, 0.6) is 5.75 Å². The Balaban J connectivity index is 2.09. The minimum Gasteiger partial charge on any atom is -0.497 e. The number of nitrogens with zero attached hydrogens (tertiary/aromatic N) is 1. The smallest absolute Gasteiger partial charge is 0.119 e. The zero-order valence-corrected chi connectivity index (χ0v) is 12.3. The number of fused-ring (bicyclic) bond motifs is 3. The molecule has 2 N–H and O–H groups in total. The third-order valence-corrected chi connectivity index (χ3v) is 4.03. The fourth-order valence-electron chi connectivity index (χ4n) is 3.00. The molecule has 0 spiro atoms. The Morgan fingerprint density at radius 3 is 2.32 bits per heavy atom. The first-order chi connectivity index (χ1) is 10.8. The molecule has 0 aliphatic heterocycles. The highest BCUT2D eigenvalue weighted by atomic mass is 16.5. The fraction of sp³-hybridized carbons (Fsp3) is 0.0526. The van der Waals surface area contributed by atoms with Gasteiger partial charge in [-0.1, -0.05) is 18.2 Å². The molecule has 22 heavy (non-hydrogen) atoms. The highest BCUT2D eigenvalue weighted by molar-refractivity contribution is 6.10. The van der Waals surface area contributed by atoms with E-state index in [1.54, 1.807) is 7.11 Å². The molecule has 3 heteroatoms. The van der Waals surface area contributed by atoms with Crippen molar-refractivity contribution in [3.05, 3.63) is 66.7 Å². The monoisotopic (exact) mass is 288 g/mol. The molecule has 1 heterocycles. The van der Waals surface area contributed by atoms with Crippen molar-refractivity contribution in [3.63, 3.8) is 0 Å². The van der Waals surface area contributed by atoms with Gasteiger partial charge in [0.25, 0.3) is 0 Å². The van der Waals surface area contributed by atoms with Crippen molar-refractivity contribution in [2.24, 2.45) is 0 Å². The van der Waals surface area contributed by atoms with Crippen molar-refractivity contribution >= 4 is 27.5 Å². The normalized spacial score (nSPS) is 11.1. The zero-order valence-electron chi connectivity index (χ0n) is 12.3. The van der Waals surface area contributed by atoms with Gasteiger partial charge in [-0.05, 0) is 48.5 Å². The van der Waals surface area contributed by atoms with E-state index in [2.05, 4.69) is 47.0 Å². The number of anilines is 1. The Hall–Kier alpha value is -2.94. The summed E-state index contributed by atoms with van der Waals surface area (Å²) < 4.78 is 7.50. The summed E-state index contributed by atoms with van der Waals surface area (Å²) in [6.45, 7) is 0. The van der Waals surface area contributed by atoms with E-state index in [4.69, 9.17) is 10.5 Å². The first kappa shape index (κ1) is 12.8. The molecule has 0 radical (unpaired) electrons. The highest BCUT2D eigenvalue weighted by Gasteiger charge is 2.11. The summed E-state index contributed by atoms with van der Waals surface area (Å²) in [6.07, 6.45) is 0. The molecule has 3 aromatic carbocycles. The molecule has 0 amide bonds. The van der Waals surface area contributed by atoms with E-state index in [1.165, 1.54) is 16.3 Å². The largest absolute Gasteiger partial charge is 0.497 e. The number of ether oxygens (including phenoxy) is 1. The lowest BCUT2D eigenvalue weighted by Crippen LogP contribution is -1.94. The number of para-hydroxylation sites is 1. The molecule has 0 aliphatic carbocycles. The Morgan fingerprint density at radius 2 is 1.55 bits per heavy atom. The molecule has 0 saturated heterocycles. The van der Waals surface area contributed by atoms with E-state index in [1.807, 2.05) is 24.3 Å². The molecular formula is C19H16N2O. The van der Waals surface area contributed by atoms with Crippen molar-refractivity contribution < 1.29 is 4.74 Å². The van der Waals surface area contributed by atoms with Crippen LogP contribution < -0.4 is 10.5 Å². The number of rotatable bonds is 2. The average Bonchev–Trinajstić information content (AvgIpc) is 2.89. The van der Waals surface area contributed by atoms with Crippen molar-refractivity contribution in [1.29, 1.82) is 0 Å². The van der Waals surface area contributed by atoms with Crippen LogP contribution in [0.3, 0.4) is 0 Å². The van der Waals surface area contributed by atoms with Crippen LogP contribution in [0.1, 0.15) is 0 Å². The number of benzene rings is 3. The fourth-order valence-corrected chi connectivity index (χ4v) is 3.00. The van der Waals surface area contributed by atoms with E-state index < -0.39 is 0 Å². The van der Waals surface area contributed by atoms with Gasteiger partial charge in [0.05, 0.1) is 18.1 Å². The number of methoxy groups -OCH3 is 1. The van der Waals surface area contributed by atoms with Crippen LogP contribution >= 0.6 is 0 Å². The maximum absolute atomic E-state index is 5.97. The number of hydrogen-bond acceptors (Lipinski definition) is 2. The second-order valence-corrected chi connectivity index (χ2v) is 5.33. The molecule has 108 valence electrons. The molecule has 0 unspecified atom stereocenters. The lowest BCUT2D eigenvalue weighted by Gasteiger charge is -2.08.